The van der Waals surface area contributed by atoms with Crippen LogP contribution in [0.15, 0.2) is 47.1 Å². The minimum atomic E-state index is -0.145. The van der Waals surface area contributed by atoms with Crippen LogP contribution in [0, 0.1) is 5.21 Å². The van der Waals surface area contributed by atoms with E-state index >= 15 is 0 Å². The average molecular weight is 426 g/mol. The monoisotopic (exact) mass is 426 g/mol. The van der Waals surface area contributed by atoms with Gasteiger partial charge in [-0.05, 0) is 49.2 Å². The largest absolute Gasteiger partial charge is 0.733 e. The van der Waals surface area contributed by atoms with Crippen LogP contribution in [0.3, 0.4) is 0 Å². The number of hydrogen-bond donors (Lipinski definition) is 1. The average Bonchev–Trinajstić information content (AvgIpc) is 3.44. The molecule has 1 saturated heterocycles. The highest BCUT2D eigenvalue weighted by Crippen LogP contribution is 2.34. The molecule has 1 N–H and O–H groups in total. The first-order valence-corrected chi connectivity index (χ1v) is 10.1. The molecule has 0 saturated carbocycles. The number of hydrogen-bond acceptors (Lipinski definition) is 10. The summed E-state index contributed by atoms with van der Waals surface area (Å²) < 4.78 is 16.3. The smallest absolute Gasteiger partial charge is 0.244 e. The van der Waals surface area contributed by atoms with E-state index in [0.29, 0.717) is 42.9 Å². The molecule has 1 fully saturated rings. The summed E-state index contributed by atoms with van der Waals surface area (Å²) in [7, 11) is 1.61. The van der Waals surface area contributed by atoms with Crippen LogP contribution in [0.25, 0.3) is 11.4 Å². The van der Waals surface area contributed by atoms with Crippen molar-refractivity contribution in [3.8, 4) is 17.3 Å². The van der Waals surface area contributed by atoms with Crippen molar-refractivity contribution in [3.63, 3.8) is 0 Å². The lowest BCUT2D eigenvalue weighted by atomic mass is 10.1. The molecule has 1 aliphatic heterocycles. The SMILES string of the molecule is COCCOc1ncccc1-c1noc([C@H]2CCCN2Cc2ccc(N([O-])O)cc2)n1. The van der Waals surface area contributed by atoms with E-state index in [0.717, 1.165) is 24.9 Å². The molecular formula is C21H24N5O5-. The second kappa shape index (κ2) is 9.84. The number of ether oxygens (including phenoxy) is 2. The molecule has 0 radical (unpaired) electrons. The highest BCUT2D eigenvalue weighted by molar-refractivity contribution is 5.60. The molecule has 3 heterocycles. The maximum absolute atomic E-state index is 11.0. The third-order valence-electron chi connectivity index (χ3n) is 5.17. The van der Waals surface area contributed by atoms with E-state index in [2.05, 4.69) is 20.0 Å². The summed E-state index contributed by atoms with van der Waals surface area (Å²) in [5, 5.41) is 24.0. The molecule has 1 atom stereocenters. The van der Waals surface area contributed by atoms with Gasteiger partial charge in [-0.25, -0.2) is 4.98 Å². The second-order valence-electron chi connectivity index (χ2n) is 7.22. The zero-order valence-electron chi connectivity index (χ0n) is 17.2. The molecule has 1 aliphatic rings. The molecule has 164 valence electrons. The Bertz CT molecular complexity index is 978. The van der Waals surface area contributed by atoms with Crippen molar-refractivity contribution in [1.29, 1.82) is 0 Å². The van der Waals surface area contributed by atoms with Crippen LogP contribution < -0.4 is 9.96 Å². The summed E-state index contributed by atoms with van der Waals surface area (Å²) in [6.07, 6.45) is 3.58. The Balaban J connectivity index is 1.48. The lowest BCUT2D eigenvalue weighted by molar-refractivity contribution is 0.144. The van der Waals surface area contributed by atoms with Crippen LogP contribution in [0.5, 0.6) is 5.88 Å². The number of pyridine rings is 1. The zero-order valence-corrected chi connectivity index (χ0v) is 17.2. The van der Waals surface area contributed by atoms with Crippen LogP contribution in [-0.2, 0) is 11.3 Å². The van der Waals surface area contributed by atoms with Gasteiger partial charge in [0, 0.05) is 19.9 Å². The van der Waals surface area contributed by atoms with Crippen molar-refractivity contribution in [1.82, 2.24) is 20.0 Å². The fourth-order valence-electron chi connectivity index (χ4n) is 3.64. The van der Waals surface area contributed by atoms with Crippen LogP contribution in [-0.4, -0.2) is 52.1 Å². The highest BCUT2D eigenvalue weighted by Gasteiger charge is 2.31. The Labute approximate surface area is 179 Å². The minimum Gasteiger partial charge on any atom is -0.733 e. The van der Waals surface area contributed by atoms with Gasteiger partial charge < -0.3 is 24.4 Å². The van der Waals surface area contributed by atoms with Crippen LogP contribution in [0.4, 0.5) is 5.69 Å². The zero-order chi connectivity index (χ0) is 21.6. The van der Waals surface area contributed by atoms with E-state index in [9.17, 15) is 5.21 Å². The summed E-state index contributed by atoms with van der Waals surface area (Å²) in [6.45, 7) is 2.40. The van der Waals surface area contributed by atoms with E-state index in [1.165, 1.54) is 0 Å². The van der Waals surface area contributed by atoms with E-state index in [1.54, 1.807) is 31.5 Å². The number of methoxy groups -OCH3 is 1. The van der Waals surface area contributed by atoms with Crippen molar-refractivity contribution in [2.24, 2.45) is 0 Å². The lowest BCUT2D eigenvalue weighted by Crippen LogP contribution is -2.23. The molecule has 31 heavy (non-hydrogen) atoms. The molecule has 0 amide bonds. The van der Waals surface area contributed by atoms with Gasteiger partial charge in [0.2, 0.25) is 17.6 Å². The van der Waals surface area contributed by atoms with E-state index in [4.69, 9.17) is 19.2 Å². The first-order chi connectivity index (χ1) is 15.2. The van der Waals surface area contributed by atoms with Gasteiger partial charge in [0.1, 0.15) is 6.61 Å². The van der Waals surface area contributed by atoms with Crippen molar-refractivity contribution in [2.75, 3.05) is 32.1 Å². The minimum absolute atomic E-state index is 0.00399. The third kappa shape index (κ3) is 5.00. The second-order valence-corrected chi connectivity index (χ2v) is 7.22. The molecule has 4 rings (SSSR count). The fraction of sp³-hybridized carbons (Fsp3) is 0.381. The number of anilines is 1. The molecular weight excluding hydrogens is 402 g/mol. The van der Waals surface area contributed by atoms with Gasteiger partial charge in [0.15, 0.2) is 0 Å². The fourth-order valence-corrected chi connectivity index (χ4v) is 3.64. The highest BCUT2D eigenvalue weighted by atomic mass is 16.8. The predicted molar refractivity (Wildman–Crippen MR) is 111 cm³/mol. The molecule has 0 spiro atoms. The van der Waals surface area contributed by atoms with Gasteiger partial charge >= 0.3 is 0 Å². The van der Waals surface area contributed by atoms with Crippen molar-refractivity contribution >= 4 is 5.69 Å². The Morgan fingerprint density at radius 3 is 2.87 bits per heavy atom. The molecule has 0 bridgehead atoms. The Kier molecular flexibility index (Phi) is 6.73. The van der Waals surface area contributed by atoms with Gasteiger partial charge in [0.25, 0.3) is 0 Å². The van der Waals surface area contributed by atoms with Gasteiger partial charge in [0.05, 0.1) is 23.9 Å². The first kappa shape index (κ1) is 21.2. The Morgan fingerprint density at radius 2 is 2.10 bits per heavy atom. The van der Waals surface area contributed by atoms with E-state index < -0.39 is 0 Å². The summed E-state index contributed by atoms with van der Waals surface area (Å²) in [6, 6.07) is 10.5. The quantitative estimate of drug-likeness (QED) is 0.403. The number of rotatable bonds is 9. The molecule has 3 aromatic rings. The summed E-state index contributed by atoms with van der Waals surface area (Å²) in [5.74, 6) is 1.42. The molecule has 10 heteroatoms. The number of benzene rings is 1. The van der Waals surface area contributed by atoms with Gasteiger partial charge in [-0.3, -0.25) is 10.1 Å². The third-order valence-corrected chi connectivity index (χ3v) is 5.17. The Hall–Kier alpha value is -3.05. The molecule has 1 aromatic carbocycles. The van der Waals surface area contributed by atoms with Gasteiger partial charge in [-0.1, -0.05) is 17.3 Å². The predicted octanol–water partition coefficient (Wildman–Crippen LogP) is 3.19. The van der Waals surface area contributed by atoms with E-state index in [1.807, 2.05) is 18.2 Å². The lowest BCUT2D eigenvalue weighted by Gasteiger charge is -2.23. The van der Waals surface area contributed by atoms with Gasteiger partial charge in [-0.2, -0.15) is 4.98 Å². The van der Waals surface area contributed by atoms with Crippen LogP contribution >= 0.6 is 0 Å². The number of likely N-dealkylation sites (tertiary alicyclic amines) is 1. The molecule has 0 aliphatic carbocycles. The first-order valence-electron chi connectivity index (χ1n) is 10.1. The molecule has 10 nitrogen and oxygen atoms in total. The standard InChI is InChI=1S/C21H24N5O5/c1-29-12-13-30-20-17(4-2-10-22-20)19-23-21(31-24-19)18-5-3-11-25(18)14-15-6-8-16(9-7-15)26(27)28/h2,4,6-10,18,27H,3,5,11-14H2,1H3/q-1/t18-/m1/s1. The number of nitrogens with zero attached hydrogens (tertiary/aromatic N) is 5. The summed E-state index contributed by atoms with van der Waals surface area (Å²) >= 11 is 0. The van der Waals surface area contributed by atoms with Crippen molar-refractivity contribution in [2.45, 2.75) is 25.4 Å². The molecule has 0 unspecified atom stereocenters. The maximum Gasteiger partial charge on any atom is 0.244 e. The van der Waals surface area contributed by atoms with Crippen LogP contribution in [0.2, 0.25) is 0 Å². The maximum atomic E-state index is 11.0. The summed E-state index contributed by atoms with van der Waals surface area (Å²) in [5.41, 5.74) is 1.89. The van der Waals surface area contributed by atoms with E-state index in [-0.39, 0.29) is 17.0 Å². The van der Waals surface area contributed by atoms with Gasteiger partial charge in [-0.15, -0.1) is 0 Å². The van der Waals surface area contributed by atoms with Crippen LogP contribution in [0.1, 0.15) is 30.3 Å². The Morgan fingerprint density at radius 1 is 1.26 bits per heavy atom. The topological polar surface area (TPSA) is 120 Å². The van der Waals surface area contributed by atoms with Crippen molar-refractivity contribution in [3.05, 3.63) is 59.3 Å². The summed E-state index contributed by atoms with van der Waals surface area (Å²) in [4.78, 5) is 11.2. The molecule has 2 aromatic heterocycles. The number of aromatic nitrogens is 3. The van der Waals surface area contributed by atoms with Crippen molar-refractivity contribution < 1.29 is 19.2 Å². The normalized spacial score (nSPS) is 16.5.